The maximum atomic E-state index is 2.34. The fourth-order valence-corrected chi connectivity index (χ4v) is 1.49. The first-order chi connectivity index (χ1) is 5.24. The molecule has 1 atom stereocenters. The minimum atomic E-state index is 0.787. The molecule has 0 aromatic carbocycles. The average Bonchev–Trinajstić information content (AvgIpc) is 2.05. The first kappa shape index (κ1) is 8.58. The zero-order valence-corrected chi connectivity index (χ0v) is 7.80. The third-order valence-electron chi connectivity index (χ3n) is 2.50. The number of hydrogen-bond donors (Lipinski definition) is 0. The Morgan fingerprint density at radius 2 is 2.27 bits per heavy atom. The summed E-state index contributed by atoms with van der Waals surface area (Å²) in [5, 5.41) is 0. The lowest BCUT2D eigenvalue weighted by Gasteiger charge is -2.20. The van der Waals surface area contributed by atoms with Crippen LogP contribution in [0.3, 0.4) is 0 Å². The van der Waals surface area contributed by atoms with Crippen LogP contribution in [0.2, 0.25) is 0 Å². The van der Waals surface area contributed by atoms with Crippen molar-refractivity contribution < 1.29 is 0 Å². The molecule has 0 heteroatoms. The fraction of sp³-hybridized carbons (Fsp3) is 0.636. The minimum Gasteiger partial charge on any atom is -0.0808 e. The van der Waals surface area contributed by atoms with Gasteiger partial charge in [0.25, 0.3) is 0 Å². The van der Waals surface area contributed by atoms with Gasteiger partial charge in [0.1, 0.15) is 0 Å². The molecule has 1 unspecified atom stereocenters. The number of allylic oxidation sites excluding steroid dienone is 4. The van der Waals surface area contributed by atoms with Gasteiger partial charge in [0.2, 0.25) is 0 Å². The predicted molar refractivity (Wildman–Crippen MR) is 50.5 cm³/mol. The van der Waals surface area contributed by atoms with E-state index in [1.54, 1.807) is 5.57 Å². The van der Waals surface area contributed by atoms with Crippen LogP contribution in [0.25, 0.3) is 0 Å². The molecule has 0 saturated carbocycles. The molecular formula is C11H18. The van der Waals surface area contributed by atoms with Crippen molar-refractivity contribution in [1.82, 2.24) is 0 Å². The van der Waals surface area contributed by atoms with Gasteiger partial charge in [0.05, 0.1) is 0 Å². The zero-order valence-electron chi connectivity index (χ0n) is 7.80. The zero-order chi connectivity index (χ0) is 8.27. The fourth-order valence-electron chi connectivity index (χ4n) is 1.49. The van der Waals surface area contributed by atoms with Crippen molar-refractivity contribution in [3.63, 3.8) is 0 Å². The molecule has 11 heavy (non-hydrogen) atoms. The second-order valence-electron chi connectivity index (χ2n) is 3.68. The van der Waals surface area contributed by atoms with E-state index in [0.717, 1.165) is 11.8 Å². The van der Waals surface area contributed by atoms with E-state index >= 15 is 0 Å². The monoisotopic (exact) mass is 150 g/mol. The molecule has 0 N–H and O–H groups in total. The van der Waals surface area contributed by atoms with Gasteiger partial charge < -0.3 is 0 Å². The van der Waals surface area contributed by atoms with Gasteiger partial charge in [0, 0.05) is 0 Å². The van der Waals surface area contributed by atoms with Gasteiger partial charge in [-0.2, -0.15) is 0 Å². The Morgan fingerprint density at radius 3 is 2.82 bits per heavy atom. The highest BCUT2D eigenvalue weighted by Crippen LogP contribution is 2.26. The summed E-state index contributed by atoms with van der Waals surface area (Å²) in [6.07, 6.45) is 9.31. The molecule has 62 valence electrons. The highest BCUT2D eigenvalue weighted by atomic mass is 14.2. The maximum Gasteiger partial charge on any atom is -0.0170 e. The van der Waals surface area contributed by atoms with Crippen LogP contribution in [-0.4, -0.2) is 0 Å². The van der Waals surface area contributed by atoms with Crippen molar-refractivity contribution >= 4 is 0 Å². The third kappa shape index (κ3) is 2.21. The van der Waals surface area contributed by atoms with Gasteiger partial charge >= 0.3 is 0 Å². The second kappa shape index (κ2) is 3.75. The van der Waals surface area contributed by atoms with Gasteiger partial charge in [-0.05, 0) is 24.7 Å². The van der Waals surface area contributed by atoms with Crippen LogP contribution in [-0.2, 0) is 0 Å². The normalized spacial score (nSPS) is 24.0. The van der Waals surface area contributed by atoms with Crippen LogP contribution >= 0.6 is 0 Å². The van der Waals surface area contributed by atoms with Crippen molar-refractivity contribution in [2.75, 3.05) is 0 Å². The van der Waals surface area contributed by atoms with Crippen molar-refractivity contribution in [3.05, 3.63) is 23.8 Å². The van der Waals surface area contributed by atoms with Crippen molar-refractivity contribution in [2.45, 2.75) is 33.6 Å². The van der Waals surface area contributed by atoms with Crippen LogP contribution in [0, 0.1) is 11.8 Å². The summed E-state index contributed by atoms with van der Waals surface area (Å²) in [4.78, 5) is 0. The Balaban J connectivity index is 2.55. The van der Waals surface area contributed by atoms with E-state index in [1.165, 1.54) is 12.8 Å². The Bertz CT molecular complexity index is 172. The highest BCUT2D eigenvalue weighted by molar-refractivity contribution is 5.19. The van der Waals surface area contributed by atoms with Gasteiger partial charge in [-0.1, -0.05) is 44.6 Å². The Hall–Kier alpha value is -0.520. The van der Waals surface area contributed by atoms with Gasteiger partial charge in [-0.15, -0.1) is 0 Å². The third-order valence-corrected chi connectivity index (χ3v) is 2.50. The molecule has 0 aromatic rings. The molecule has 0 aliphatic heterocycles. The van der Waals surface area contributed by atoms with E-state index < -0.39 is 0 Å². The molecule has 0 amide bonds. The van der Waals surface area contributed by atoms with Crippen LogP contribution in [0.4, 0.5) is 0 Å². The largest absolute Gasteiger partial charge is 0.0808 e. The molecule has 0 nitrogen and oxygen atoms in total. The van der Waals surface area contributed by atoms with Gasteiger partial charge in [0.15, 0.2) is 0 Å². The SMILES string of the molecule is CCC1=CC=CC(C(C)C)C1. The van der Waals surface area contributed by atoms with Crippen molar-refractivity contribution in [2.24, 2.45) is 11.8 Å². The van der Waals surface area contributed by atoms with E-state index in [0.29, 0.717) is 0 Å². The molecule has 0 aromatic heterocycles. The molecule has 1 aliphatic carbocycles. The molecule has 0 spiro atoms. The summed E-state index contributed by atoms with van der Waals surface area (Å²) in [5.74, 6) is 1.58. The van der Waals surface area contributed by atoms with E-state index in [4.69, 9.17) is 0 Å². The molecular weight excluding hydrogens is 132 g/mol. The molecule has 1 rings (SSSR count). The molecule has 0 saturated heterocycles. The average molecular weight is 150 g/mol. The highest BCUT2D eigenvalue weighted by Gasteiger charge is 2.13. The first-order valence-electron chi connectivity index (χ1n) is 4.60. The predicted octanol–water partition coefficient (Wildman–Crippen LogP) is 3.55. The van der Waals surface area contributed by atoms with E-state index in [1.807, 2.05) is 0 Å². The smallest absolute Gasteiger partial charge is 0.0170 e. The molecule has 1 aliphatic rings. The lowest BCUT2D eigenvalue weighted by atomic mass is 9.85. The molecule has 0 radical (unpaired) electrons. The quantitative estimate of drug-likeness (QED) is 0.564. The number of hydrogen-bond acceptors (Lipinski definition) is 0. The topological polar surface area (TPSA) is 0 Å². The standard InChI is InChI=1S/C11H18/c1-4-10-6-5-7-11(8-10)9(2)3/h5-7,9,11H,4,8H2,1-3H3. The van der Waals surface area contributed by atoms with Gasteiger partial charge in [-0.3, -0.25) is 0 Å². The Labute approximate surface area is 70.0 Å². The van der Waals surface area contributed by atoms with Crippen molar-refractivity contribution in [1.29, 1.82) is 0 Å². The van der Waals surface area contributed by atoms with E-state index in [-0.39, 0.29) is 0 Å². The summed E-state index contributed by atoms with van der Waals surface area (Å²) < 4.78 is 0. The Kier molecular flexibility index (Phi) is 2.92. The summed E-state index contributed by atoms with van der Waals surface area (Å²) >= 11 is 0. The summed E-state index contributed by atoms with van der Waals surface area (Å²) in [7, 11) is 0. The van der Waals surface area contributed by atoms with Crippen LogP contribution in [0.1, 0.15) is 33.6 Å². The van der Waals surface area contributed by atoms with Crippen LogP contribution < -0.4 is 0 Å². The maximum absolute atomic E-state index is 2.34. The van der Waals surface area contributed by atoms with Crippen molar-refractivity contribution in [3.8, 4) is 0 Å². The van der Waals surface area contributed by atoms with Crippen LogP contribution in [0.5, 0.6) is 0 Å². The summed E-state index contributed by atoms with van der Waals surface area (Å²) in [6, 6.07) is 0. The lowest BCUT2D eigenvalue weighted by Crippen LogP contribution is -2.08. The molecule has 0 fully saturated rings. The first-order valence-corrected chi connectivity index (χ1v) is 4.60. The summed E-state index contributed by atoms with van der Waals surface area (Å²) in [6.45, 7) is 6.84. The lowest BCUT2D eigenvalue weighted by molar-refractivity contribution is 0.454. The summed E-state index contributed by atoms with van der Waals surface area (Å²) in [5.41, 5.74) is 1.60. The number of rotatable bonds is 2. The van der Waals surface area contributed by atoms with E-state index in [9.17, 15) is 0 Å². The molecule has 0 bridgehead atoms. The second-order valence-corrected chi connectivity index (χ2v) is 3.68. The molecule has 0 heterocycles. The minimum absolute atomic E-state index is 0.787. The van der Waals surface area contributed by atoms with Crippen LogP contribution in [0.15, 0.2) is 23.8 Å². The van der Waals surface area contributed by atoms with E-state index in [2.05, 4.69) is 39.0 Å². The van der Waals surface area contributed by atoms with Gasteiger partial charge in [-0.25, -0.2) is 0 Å². The Morgan fingerprint density at radius 1 is 1.55 bits per heavy atom.